The maximum absolute atomic E-state index is 13.8. The lowest BCUT2D eigenvalue weighted by molar-refractivity contribution is -0.0566. The van der Waals surface area contributed by atoms with E-state index in [0.717, 1.165) is 17.0 Å². The van der Waals surface area contributed by atoms with Gasteiger partial charge in [0, 0.05) is 6.92 Å². The molecule has 1 saturated carbocycles. The highest BCUT2D eigenvalue weighted by atomic mass is 19.3. The molecule has 146 valence electrons. The summed E-state index contributed by atoms with van der Waals surface area (Å²) >= 11 is 0. The lowest BCUT2D eigenvalue weighted by atomic mass is 9.77. The van der Waals surface area contributed by atoms with Crippen LogP contribution in [0.4, 0.5) is 13.2 Å². The maximum Gasteiger partial charge on any atom is 0.280 e. The normalized spacial score (nSPS) is 21.8. The number of benzene rings is 2. The molecular formula is C24H29F3. The first kappa shape index (κ1) is 20.0. The molecule has 1 atom stereocenters. The smallest absolute Gasteiger partial charge is 0.236 e. The van der Waals surface area contributed by atoms with E-state index in [9.17, 15) is 13.2 Å². The molecule has 1 aliphatic rings. The third kappa shape index (κ3) is 4.94. The van der Waals surface area contributed by atoms with Crippen LogP contribution in [0.15, 0.2) is 48.5 Å². The summed E-state index contributed by atoms with van der Waals surface area (Å²) in [4.78, 5) is 0. The Balaban J connectivity index is 1.65. The van der Waals surface area contributed by atoms with E-state index in [0.29, 0.717) is 12.8 Å². The minimum absolute atomic E-state index is 0.0201. The second kappa shape index (κ2) is 8.50. The topological polar surface area (TPSA) is 0 Å². The van der Waals surface area contributed by atoms with Gasteiger partial charge in [-0.15, -0.1) is 0 Å². The van der Waals surface area contributed by atoms with Crippen molar-refractivity contribution in [2.24, 2.45) is 5.92 Å². The van der Waals surface area contributed by atoms with Gasteiger partial charge in [-0.05, 0) is 59.8 Å². The molecule has 0 bridgehead atoms. The van der Waals surface area contributed by atoms with Crippen molar-refractivity contribution >= 4 is 0 Å². The first-order valence-corrected chi connectivity index (χ1v) is 10.1. The van der Waals surface area contributed by atoms with E-state index < -0.39 is 12.1 Å². The van der Waals surface area contributed by atoms with Crippen LogP contribution in [-0.4, -0.2) is 5.92 Å². The highest BCUT2D eigenvalue weighted by Gasteiger charge is 2.35. The van der Waals surface area contributed by atoms with E-state index in [2.05, 4.69) is 31.2 Å². The fourth-order valence-electron chi connectivity index (χ4n) is 4.28. The molecule has 0 saturated heterocycles. The van der Waals surface area contributed by atoms with Crippen LogP contribution in [0.3, 0.4) is 0 Å². The Morgan fingerprint density at radius 2 is 1.41 bits per heavy atom. The van der Waals surface area contributed by atoms with Crippen molar-refractivity contribution < 1.29 is 13.2 Å². The van der Waals surface area contributed by atoms with E-state index in [1.54, 1.807) is 12.1 Å². The molecule has 1 unspecified atom stereocenters. The minimum Gasteiger partial charge on any atom is -0.236 e. The van der Waals surface area contributed by atoms with Crippen molar-refractivity contribution in [3.05, 3.63) is 59.7 Å². The van der Waals surface area contributed by atoms with E-state index in [1.165, 1.54) is 56.2 Å². The van der Waals surface area contributed by atoms with E-state index in [-0.39, 0.29) is 5.56 Å². The van der Waals surface area contributed by atoms with Crippen LogP contribution in [-0.2, 0) is 0 Å². The summed E-state index contributed by atoms with van der Waals surface area (Å²) in [5.74, 6) is -1.81. The molecule has 1 aliphatic carbocycles. The molecule has 0 spiro atoms. The van der Waals surface area contributed by atoms with Crippen molar-refractivity contribution in [1.29, 1.82) is 0 Å². The van der Waals surface area contributed by atoms with Gasteiger partial charge >= 0.3 is 0 Å². The summed E-state index contributed by atoms with van der Waals surface area (Å²) in [6.07, 6.45) is 5.55. The zero-order chi connectivity index (χ0) is 19.4. The van der Waals surface area contributed by atoms with Gasteiger partial charge in [0.1, 0.15) is 0 Å². The van der Waals surface area contributed by atoms with Crippen molar-refractivity contribution in [2.45, 2.75) is 70.4 Å². The van der Waals surface area contributed by atoms with Gasteiger partial charge in [-0.1, -0.05) is 68.3 Å². The molecule has 0 nitrogen and oxygen atoms in total. The Kier molecular flexibility index (Phi) is 6.29. The van der Waals surface area contributed by atoms with Gasteiger partial charge < -0.3 is 0 Å². The molecule has 0 radical (unpaired) electrons. The third-order valence-corrected chi connectivity index (χ3v) is 5.91. The Labute approximate surface area is 160 Å². The minimum atomic E-state index is -3.36. The molecule has 0 heterocycles. The van der Waals surface area contributed by atoms with Gasteiger partial charge in [0.25, 0.3) is 5.92 Å². The number of hydrogen-bond acceptors (Lipinski definition) is 0. The fourth-order valence-corrected chi connectivity index (χ4v) is 4.28. The first-order chi connectivity index (χ1) is 12.9. The predicted octanol–water partition coefficient (Wildman–Crippen LogP) is 8.09. The predicted molar refractivity (Wildman–Crippen MR) is 106 cm³/mol. The molecule has 0 aliphatic heterocycles. The summed E-state index contributed by atoms with van der Waals surface area (Å²) in [6.45, 7) is 2.87. The molecule has 0 N–H and O–H groups in total. The Hall–Kier alpha value is -1.77. The van der Waals surface area contributed by atoms with Gasteiger partial charge in [0.05, 0.1) is 0 Å². The average molecular weight is 374 g/mol. The summed E-state index contributed by atoms with van der Waals surface area (Å²) in [5.41, 5.74) is 3.36. The number of rotatable bonds is 6. The van der Waals surface area contributed by atoms with Gasteiger partial charge in [0.2, 0.25) is 0 Å². The van der Waals surface area contributed by atoms with Crippen LogP contribution >= 0.6 is 0 Å². The largest absolute Gasteiger partial charge is 0.280 e. The summed E-state index contributed by atoms with van der Waals surface area (Å²) in [6, 6.07) is 14.9. The van der Waals surface area contributed by atoms with Crippen LogP contribution in [0.25, 0.3) is 11.1 Å². The molecule has 27 heavy (non-hydrogen) atoms. The lowest BCUT2D eigenvalue weighted by Crippen LogP contribution is -2.18. The van der Waals surface area contributed by atoms with Crippen LogP contribution in [0, 0.1) is 5.92 Å². The Morgan fingerprint density at radius 1 is 0.889 bits per heavy atom. The Bertz CT molecular complexity index is 705. The van der Waals surface area contributed by atoms with Gasteiger partial charge in [-0.3, -0.25) is 0 Å². The number of halogens is 3. The number of hydrogen-bond donors (Lipinski definition) is 0. The molecule has 1 fully saturated rings. The van der Waals surface area contributed by atoms with E-state index in [4.69, 9.17) is 0 Å². The zero-order valence-corrected chi connectivity index (χ0v) is 16.2. The molecule has 0 aromatic heterocycles. The third-order valence-electron chi connectivity index (χ3n) is 5.91. The zero-order valence-electron chi connectivity index (χ0n) is 16.2. The van der Waals surface area contributed by atoms with Crippen LogP contribution in [0.2, 0.25) is 0 Å². The molecule has 3 heteroatoms. The van der Waals surface area contributed by atoms with Crippen LogP contribution in [0.5, 0.6) is 0 Å². The molecule has 2 aromatic carbocycles. The standard InChI is InChI=1S/C24H29F3/c1-3-4-17-5-7-18(8-6-17)19-9-11-20(12-10-19)21-13-15-22(16-14-21)23(25)24(2,26)27/h9-18,23H,3-8H2,1-2H3. The number of alkyl halides is 3. The monoisotopic (exact) mass is 374 g/mol. The van der Waals surface area contributed by atoms with E-state index >= 15 is 0 Å². The van der Waals surface area contributed by atoms with E-state index in [1.807, 2.05) is 0 Å². The summed E-state index contributed by atoms with van der Waals surface area (Å²) < 4.78 is 40.0. The van der Waals surface area contributed by atoms with Crippen molar-refractivity contribution in [3.63, 3.8) is 0 Å². The molecule has 2 aromatic rings. The van der Waals surface area contributed by atoms with Crippen molar-refractivity contribution in [2.75, 3.05) is 0 Å². The SMILES string of the molecule is CCCC1CCC(c2ccc(-c3ccc(C(F)C(C)(F)F)cc3)cc2)CC1. The summed E-state index contributed by atoms with van der Waals surface area (Å²) in [7, 11) is 0. The van der Waals surface area contributed by atoms with Gasteiger partial charge in [-0.2, -0.15) is 0 Å². The van der Waals surface area contributed by atoms with Crippen LogP contribution in [0.1, 0.15) is 75.6 Å². The molecular weight excluding hydrogens is 345 g/mol. The van der Waals surface area contributed by atoms with Crippen molar-refractivity contribution in [3.8, 4) is 11.1 Å². The average Bonchev–Trinajstić information content (AvgIpc) is 2.68. The molecule has 0 amide bonds. The maximum atomic E-state index is 13.8. The first-order valence-electron chi connectivity index (χ1n) is 10.1. The summed E-state index contributed by atoms with van der Waals surface area (Å²) in [5, 5.41) is 0. The van der Waals surface area contributed by atoms with Crippen molar-refractivity contribution in [1.82, 2.24) is 0 Å². The molecule has 3 rings (SSSR count). The second-order valence-electron chi connectivity index (χ2n) is 8.07. The quantitative estimate of drug-likeness (QED) is 0.479. The van der Waals surface area contributed by atoms with Gasteiger partial charge in [-0.25, -0.2) is 13.2 Å². The second-order valence-corrected chi connectivity index (χ2v) is 8.07. The Morgan fingerprint density at radius 3 is 1.89 bits per heavy atom. The highest BCUT2D eigenvalue weighted by molar-refractivity contribution is 5.64. The van der Waals surface area contributed by atoms with Crippen LogP contribution < -0.4 is 0 Å². The fraction of sp³-hybridized carbons (Fsp3) is 0.500. The van der Waals surface area contributed by atoms with Gasteiger partial charge in [0.15, 0.2) is 6.17 Å². The lowest BCUT2D eigenvalue weighted by Gasteiger charge is -2.28. The highest BCUT2D eigenvalue weighted by Crippen LogP contribution is 2.38.